The second kappa shape index (κ2) is 6.80. The van der Waals surface area contributed by atoms with E-state index < -0.39 is 0 Å². The fourth-order valence-corrected chi connectivity index (χ4v) is 3.77. The highest BCUT2D eigenvalue weighted by Crippen LogP contribution is 2.49. The van der Waals surface area contributed by atoms with Crippen LogP contribution in [0.3, 0.4) is 0 Å². The third-order valence-electron chi connectivity index (χ3n) is 4.91. The summed E-state index contributed by atoms with van der Waals surface area (Å²) in [7, 11) is 2.06. The minimum Gasteiger partial charge on any atom is -0.494 e. The van der Waals surface area contributed by atoms with Crippen molar-refractivity contribution in [1.82, 2.24) is 5.32 Å². The Morgan fingerprint density at radius 2 is 2.10 bits per heavy atom. The average molecular weight is 289 g/mol. The summed E-state index contributed by atoms with van der Waals surface area (Å²) in [6.07, 6.45) is 6.68. The molecule has 1 aromatic rings. The van der Waals surface area contributed by atoms with E-state index in [4.69, 9.17) is 9.47 Å². The van der Waals surface area contributed by atoms with Gasteiger partial charge in [0.15, 0.2) is 0 Å². The van der Waals surface area contributed by atoms with Crippen LogP contribution in [-0.4, -0.2) is 32.9 Å². The van der Waals surface area contributed by atoms with E-state index in [0.29, 0.717) is 11.5 Å². The summed E-state index contributed by atoms with van der Waals surface area (Å²) < 4.78 is 11.9. The highest BCUT2D eigenvalue weighted by atomic mass is 16.5. The summed E-state index contributed by atoms with van der Waals surface area (Å²) in [5.74, 6) is 1.79. The maximum Gasteiger partial charge on any atom is 0.119 e. The van der Waals surface area contributed by atoms with Crippen LogP contribution in [0.15, 0.2) is 30.3 Å². The van der Waals surface area contributed by atoms with Gasteiger partial charge in [0.2, 0.25) is 0 Å². The van der Waals surface area contributed by atoms with E-state index in [9.17, 15) is 0 Å². The Labute approximate surface area is 128 Å². The number of nitrogens with one attached hydrogen (secondary N) is 1. The molecule has 2 unspecified atom stereocenters. The zero-order valence-corrected chi connectivity index (χ0v) is 13.0. The zero-order valence-electron chi connectivity index (χ0n) is 13.0. The summed E-state index contributed by atoms with van der Waals surface area (Å²) in [6.45, 7) is 2.80. The molecule has 1 saturated heterocycles. The predicted molar refractivity (Wildman–Crippen MR) is 84.6 cm³/mol. The Kier molecular flexibility index (Phi) is 4.81. The number of hydrogen-bond donors (Lipinski definition) is 1. The van der Waals surface area contributed by atoms with E-state index in [1.165, 1.54) is 25.7 Å². The fourth-order valence-electron chi connectivity index (χ4n) is 3.77. The van der Waals surface area contributed by atoms with Crippen molar-refractivity contribution in [2.45, 2.75) is 38.2 Å². The van der Waals surface area contributed by atoms with Crippen molar-refractivity contribution >= 4 is 0 Å². The van der Waals surface area contributed by atoms with Gasteiger partial charge >= 0.3 is 0 Å². The molecule has 0 amide bonds. The maximum absolute atomic E-state index is 6.08. The highest BCUT2D eigenvalue weighted by Gasteiger charge is 2.49. The second-order valence-corrected chi connectivity index (χ2v) is 6.54. The summed E-state index contributed by atoms with van der Waals surface area (Å²) in [5.41, 5.74) is 0.329. The third-order valence-corrected chi connectivity index (χ3v) is 4.91. The molecule has 0 bridgehead atoms. The van der Waals surface area contributed by atoms with E-state index >= 15 is 0 Å². The quantitative estimate of drug-likeness (QED) is 0.745. The van der Waals surface area contributed by atoms with Gasteiger partial charge in [0.25, 0.3) is 0 Å². The second-order valence-electron chi connectivity index (χ2n) is 6.54. The number of hydrogen-bond acceptors (Lipinski definition) is 3. The number of rotatable bonds is 8. The van der Waals surface area contributed by atoms with Gasteiger partial charge in [0.1, 0.15) is 5.75 Å². The van der Waals surface area contributed by atoms with Crippen molar-refractivity contribution in [2.75, 3.05) is 26.8 Å². The molecule has 3 nitrogen and oxygen atoms in total. The van der Waals surface area contributed by atoms with Gasteiger partial charge in [-0.1, -0.05) is 18.2 Å². The van der Waals surface area contributed by atoms with Crippen LogP contribution in [-0.2, 0) is 4.74 Å². The lowest BCUT2D eigenvalue weighted by atomic mass is 9.75. The number of para-hydroxylation sites is 1. The molecule has 3 heteroatoms. The summed E-state index contributed by atoms with van der Waals surface area (Å²) >= 11 is 0. The van der Waals surface area contributed by atoms with Crippen LogP contribution in [0.5, 0.6) is 5.75 Å². The zero-order chi connectivity index (χ0) is 14.5. The van der Waals surface area contributed by atoms with Gasteiger partial charge in [-0.3, -0.25) is 0 Å². The Morgan fingerprint density at radius 1 is 1.29 bits per heavy atom. The van der Waals surface area contributed by atoms with E-state index in [0.717, 1.165) is 37.8 Å². The lowest BCUT2D eigenvalue weighted by Crippen LogP contribution is -2.41. The van der Waals surface area contributed by atoms with Crippen LogP contribution in [0.4, 0.5) is 0 Å². The van der Waals surface area contributed by atoms with E-state index in [2.05, 4.69) is 12.4 Å². The van der Waals surface area contributed by atoms with Crippen LogP contribution in [0.2, 0.25) is 0 Å². The Balaban J connectivity index is 1.51. The summed E-state index contributed by atoms with van der Waals surface area (Å²) in [4.78, 5) is 0. The molecule has 2 fully saturated rings. The van der Waals surface area contributed by atoms with E-state index in [1.54, 1.807) is 0 Å². The van der Waals surface area contributed by atoms with Crippen LogP contribution in [0.1, 0.15) is 32.1 Å². The molecule has 1 saturated carbocycles. The smallest absolute Gasteiger partial charge is 0.119 e. The third kappa shape index (κ3) is 3.58. The van der Waals surface area contributed by atoms with Crippen molar-refractivity contribution in [3.63, 3.8) is 0 Å². The molecule has 1 heterocycles. The molecule has 1 N–H and O–H groups in total. The molecule has 0 spiro atoms. The normalized spacial score (nSPS) is 28.7. The van der Waals surface area contributed by atoms with Gasteiger partial charge in [0, 0.05) is 18.6 Å². The Morgan fingerprint density at radius 3 is 2.81 bits per heavy atom. The summed E-state index contributed by atoms with van der Waals surface area (Å²) in [5, 5.41) is 3.40. The molecule has 0 aromatic heterocycles. The van der Waals surface area contributed by atoms with E-state index in [1.807, 2.05) is 30.3 Å². The van der Waals surface area contributed by atoms with Crippen molar-refractivity contribution in [2.24, 2.45) is 11.3 Å². The first-order valence-corrected chi connectivity index (χ1v) is 8.28. The molecule has 21 heavy (non-hydrogen) atoms. The van der Waals surface area contributed by atoms with Crippen molar-refractivity contribution in [3.8, 4) is 5.75 Å². The van der Waals surface area contributed by atoms with Crippen molar-refractivity contribution < 1.29 is 9.47 Å². The minimum atomic E-state index is 0.329. The number of ether oxygens (including phenoxy) is 2. The Hall–Kier alpha value is -1.06. The predicted octanol–water partition coefficient (Wildman–Crippen LogP) is 3.25. The molecule has 1 aromatic carbocycles. The monoisotopic (exact) mass is 289 g/mol. The lowest BCUT2D eigenvalue weighted by molar-refractivity contribution is 0.0248. The molecule has 1 aliphatic carbocycles. The molecule has 1 aliphatic heterocycles. The first-order chi connectivity index (χ1) is 10.3. The van der Waals surface area contributed by atoms with Crippen molar-refractivity contribution in [3.05, 3.63) is 30.3 Å². The van der Waals surface area contributed by atoms with Gasteiger partial charge in [-0.25, -0.2) is 0 Å². The van der Waals surface area contributed by atoms with Gasteiger partial charge in [-0.15, -0.1) is 0 Å². The molecule has 3 rings (SSSR count). The number of benzene rings is 1. The van der Waals surface area contributed by atoms with Crippen LogP contribution < -0.4 is 10.1 Å². The topological polar surface area (TPSA) is 30.5 Å². The molecule has 0 radical (unpaired) electrons. The van der Waals surface area contributed by atoms with Gasteiger partial charge in [0.05, 0.1) is 12.7 Å². The SMILES string of the molecule is CNCC1(CCCOc2ccccc2)CCOC1C1CC1. The Bertz CT molecular complexity index is 432. The van der Waals surface area contributed by atoms with Gasteiger partial charge < -0.3 is 14.8 Å². The first kappa shape index (κ1) is 14.9. The molecule has 2 atom stereocenters. The van der Waals surface area contributed by atoms with Crippen LogP contribution in [0.25, 0.3) is 0 Å². The molecule has 116 valence electrons. The summed E-state index contributed by atoms with van der Waals surface area (Å²) in [6, 6.07) is 10.1. The average Bonchev–Trinajstić information content (AvgIpc) is 3.27. The maximum atomic E-state index is 6.08. The lowest BCUT2D eigenvalue weighted by Gasteiger charge is -2.34. The van der Waals surface area contributed by atoms with E-state index in [-0.39, 0.29) is 0 Å². The van der Waals surface area contributed by atoms with Crippen LogP contribution in [0, 0.1) is 11.3 Å². The fraction of sp³-hybridized carbons (Fsp3) is 0.667. The molecule has 2 aliphatic rings. The molecular weight excluding hydrogens is 262 g/mol. The van der Waals surface area contributed by atoms with Gasteiger partial charge in [-0.2, -0.15) is 0 Å². The first-order valence-electron chi connectivity index (χ1n) is 8.28. The molecular formula is C18H27NO2. The standard InChI is InChI=1S/C18H27NO2/c1-19-14-18(11-13-21-17(18)15-8-9-15)10-5-12-20-16-6-3-2-4-7-16/h2-4,6-7,15,17,19H,5,8-14H2,1H3. The highest BCUT2D eigenvalue weighted by molar-refractivity contribution is 5.20. The minimum absolute atomic E-state index is 0.329. The van der Waals surface area contributed by atoms with Crippen LogP contribution >= 0.6 is 0 Å². The van der Waals surface area contributed by atoms with Crippen molar-refractivity contribution in [1.29, 1.82) is 0 Å². The largest absolute Gasteiger partial charge is 0.494 e. The van der Waals surface area contributed by atoms with Gasteiger partial charge in [-0.05, 0) is 57.2 Å².